The van der Waals surface area contributed by atoms with E-state index in [1.165, 1.54) is 0 Å². The lowest BCUT2D eigenvalue weighted by atomic mass is 9.91. The second-order valence-electron chi connectivity index (χ2n) is 5.51. The standard InChI is InChI=1S/C15H23N2O3/c1-17(11-18)9-5-4-6-13(17)15(20-3)12-10-16-8-7-14(12)19-2/h7-8,10-11,13,15H,4-6,9H2,1-3H3/q+1. The zero-order valence-electron chi connectivity index (χ0n) is 12.4. The van der Waals surface area contributed by atoms with Crippen molar-refractivity contribution in [2.45, 2.75) is 31.4 Å². The summed E-state index contributed by atoms with van der Waals surface area (Å²) in [4.78, 5) is 15.7. The van der Waals surface area contributed by atoms with Gasteiger partial charge in [0, 0.05) is 31.5 Å². The van der Waals surface area contributed by atoms with Gasteiger partial charge in [0.05, 0.1) is 20.7 Å². The number of aromatic nitrogens is 1. The molecule has 0 N–H and O–H groups in total. The number of hydrogen-bond donors (Lipinski definition) is 0. The molecule has 1 aromatic heterocycles. The van der Waals surface area contributed by atoms with E-state index in [0.717, 1.165) is 43.5 Å². The predicted molar refractivity (Wildman–Crippen MR) is 75.3 cm³/mol. The molecular weight excluding hydrogens is 256 g/mol. The predicted octanol–water partition coefficient (Wildman–Crippen LogP) is 1.93. The number of carbonyl (C=O) groups is 1. The topological polar surface area (TPSA) is 48.4 Å². The minimum Gasteiger partial charge on any atom is -0.496 e. The second kappa shape index (κ2) is 6.33. The largest absolute Gasteiger partial charge is 0.496 e. The molecule has 1 fully saturated rings. The molecule has 1 amide bonds. The van der Waals surface area contributed by atoms with Gasteiger partial charge in [-0.05, 0) is 18.9 Å². The third kappa shape index (κ3) is 2.69. The SMILES string of the molecule is COc1ccncc1C(OC)C1CCCC[N+]1(C)C=O. The fraction of sp³-hybridized carbons (Fsp3) is 0.600. The van der Waals surface area contributed by atoms with Gasteiger partial charge in [-0.15, -0.1) is 0 Å². The maximum atomic E-state index is 11.6. The summed E-state index contributed by atoms with van der Waals surface area (Å²) in [6.07, 6.45) is 7.49. The van der Waals surface area contributed by atoms with E-state index in [1.807, 2.05) is 13.1 Å². The lowest BCUT2D eigenvalue weighted by Crippen LogP contribution is -2.56. The van der Waals surface area contributed by atoms with Crippen LogP contribution in [0, 0.1) is 0 Å². The van der Waals surface area contributed by atoms with Crippen LogP contribution >= 0.6 is 0 Å². The van der Waals surface area contributed by atoms with Gasteiger partial charge in [-0.3, -0.25) is 9.47 Å². The molecule has 110 valence electrons. The third-order valence-electron chi connectivity index (χ3n) is 4.33. The number of rotatable bonds is 5. The Balaban J connectivity index is 2.37. The van der Waals surface area contributed by atoms with Crippen molar-refractivity contribution in [3.05, 3.63) is 24.0 Å². The molecule has 1 saturated heterocycles. The molecule has 0 radical (unpaired) electrons. The maximum absolute atomic E-state index is 11.6. The Labute approximate surface area is 120 Å². The highest BCUT2D eigenvalue weighted by Crippen LogP contribution is 2.37. The summed E-state index contributed by atoms with van der Waals surface area (Å²) < 4.78 is 11.5. The van der Waals surface area contributed by atoms with Gasteiger partial charge in [0.2, 0.25) is 0 Å². The zero-order valence-corrected chi connectivity index (χ0v) is 12.4. The monoisotopic (exact) mass is 279 g/mol. The van der Waals surface area contributed by atoms with Gasteiger partial charge >= 0.3 is 6.41 Å². The summed E-state index contributed by atoms with van der Waals surface area (Å²) in [7, 11) is 5.30. The van der Waals surface area contributed by atoms with E-state index in [1.54, 1.807) is 26.6 Å². The molecule has 2 rings (SSSR count). The van der Waals surface area contributed by atoms with Gasteiger partial charge in [0.15, 0.2) is 0 Å². The number of amides is 1. The molecule has 1 aromatic rings. The lowest BCUT2D eigenvalue weighted by Gasteiger charge is -2.42. The molecule has 1 aliphatic heterocycles. The number of quaternary nitrogens is 1. The number of likely N-dealkylation sites (N-methyl/N-ethyl adjacent to an activating group) is 1. The molecule has 0 spiro atoms. The van der Waals surface area contributed by atoms with E-state index in [0.29, 0.717) is 4.48 Å². The summed E-state index contributed by atoms with van der Waals surface area (Å²) in [6.45, 7) is 0.858. The molecule has 1 aliphatic rings. The number of nitrogens with zero attached hydrogens (tertiary/aromatic N) is 2. The van der Waals surface area contributed by atoms with E-state index in [2.05, 4.69) is 4.98 Å². The smallest absolute Gasteiger partial charge is 0.301 e. The van der Waals surface area contributed by atoms with Crippen molar-refractivity contribution in [2.24, 2.45) is 0 Å². The van der Waals surface area contributed by atoms with Gasteiger partial charge in [-0.1, -0.05) is 0 Å². The van der Waals surface area contributed by atoms with Crippen LogP contribution in [0.15, 0.2) is 18.5 Å². The van der Waals surface area contributed by atoms with Crippen LogP contribution in [0.3, 0.4) is 0 Å². The average molecular weight is 279 g/mol. The van der Waals surface area contributed by atoms with E-state index in [-0.39, 0.29) is 12.1 Å². The van der Waals surface area contributed by atoms with Crippen LogP contribution in [0.2, 0.25) is 0 Å². The fourth-order valence-corrected chi connectivity index (χ4v) is 3.14. The van der Waals surface area contributed by atoms with Crippen LogP contribution in [0.1, 0.15) is 30.9 Å². The Kier molecular flexibility index (Phi) is 4.73. The third-order valence-corrected chi connectivity index (χ3v) is 4.33. The van der Waals surface area contributed by atoms with E-state index < -0.39 is 0 Å². The highest BCUT2D eigenvalue weighted by atomic mass is 16.5. The molecule has 0 aromatic carbocycles. The van der Waals surface area contributed by atoms with Gasteiger partial charge in [0.25, 0.3) is 0 Å². The Bertz CT molecular complexity index is 466. The quantitative estimate of drug-likeness (QED) is 0.610. The lowest BCUT2D eigenvalue weighted by molar-refractivity contribution is -0.862. The van der Waals surface area contributed by atoms with Crippen molar-refractivity contribution in [1.29, 1.82) is 0 Å². The zero-order chi connectivity index (χ0) is 14.6. The maximum Gasteiger partial charge on any atom is 0.301 e. The van der Waals surface area contributed by atoms with E-state index in [4.69, 9.17) is 9.47 Å². The summed E-state index contributed by atoms with van der Waals surface area (Å²) >= 11 is 0. The molecule has 20 heavy (non-hydrogen) atoms. The minimum atomic E-state index is -0.186. The first kappa shape index (κ1) is 14.9. The summed E-state index contributed by atoms with van der Waals surface area (Å²) in [5.41, 5.74) is 0.913. The molecular formula is C15H23N2O3+. The van der Waals surface area contributed by atoms with Crippen LogP contribution in [-0.4, -0.2) is 49.7 Å². The average Bonchev–Trinajstić information content (AvgIpc) is 2.50. The number of piperidine rings is 1. The van der Waals surface area contributed by atoms with Gasteiger partial charge < -0.3 is 9.47 Å². The summed E-state index contributed by atoms with van der Waals surface area (Å²) in [6, 6.07) is 1.93. The Morgan fingerprint density at radius 1 is 1.45 bits per heavy atom. The van der Waals surface area contributed by atoms with Crippen molar-refractivity contribution in [3.8, 4) is 5.75 Å². The van der Waals surface area contributed by atoms with Gasteiger partial charge in [0.1, 0.15) is 17.9 Å². The Morgan fingerprint density at radius 2 is 2.25 bits per heavy atom. The molecule has 0 bridgehead atoms. The van der Waals surface area contributed by atoms with Crippen LogP contribution in [-0.2, 0) is 9.53 Å². The van der Waals surface area contributed by atoms with Crippen molar-refractivity contribution in [3.63, 3.8) is 0 Å². The first-order chi connectivity index (χ1) is 9.66. The Hall–Kier alpha value is -1.46. The summed E-state index contributed by atoms with van der Waals surface area (Å²) in [5, 5.41) is 0. The molecule has 3 atom stereocenters. The summed E-state index contributed by atoms with van der Waals surface area (Å²) in [5.74, 6) is 0.759. The van der Waals surface area contributed by atoms with Crippen molar-refractivity contribution in [1.82, 2.24) is 4.98 Å². The number of carbonyl (C=O) groups excluding carboxylic acids is 1. The van der Waals surface area contributed by atoms with Crippen LogP contribution in [0.5, 0.6) is 5.75 Å². The van der Waals surface area contributed by atoms with Crippen LogP contribution in [0.25, 0.3) is 0 Å². The normalized spacial score (nSPS) is 27.9. The van der Waals surface area contributed by atoms with E-state index >= 15 is 0 Å². The van der Waals surface area contributed by atoms with Crippen LogP contribution < -0.4 is 4.74 Å². The fourth-order valence-electron chi connectivity index (χ4n) is 3.14. The first-order valence-electron chi connectivity index (χ1n) is 6.98. The van der Waals surface area contributed by atoms with Crippen molar-refractivity contribution in [2.75, 3.05) is 27.8 Å². The molecule has 2 heterocycles. The molecule has 3 unspecified atom stereocenters. The molecule has 5 nitrogen and oxygen atoms in total. The van der Waals surface area contributed by atoms with Crippen LogP contribution in [0.4, 0.5) is 0 Å². The number of likely N-dealkylation sites (tertiary alicyclic amines) is 1. The van der Waals surface area contributed by atoms with E-state index in [9.17, 15) is 4.79 Å². The molecule has 0 aliphatic carbocycles. The van der Waals surface area contributed by atoms with Gasteiger partial charge in [-0.2, -0.15) is 0 Å². The van der Waals surface area contributed by atoms with Crippen molar-refractivity contribution < 1.29 is 18.8 Å². The minimum absolute atomic E-state index is 0.101. The number of hydrogen-bond acceptors (Lipinski definition) is 4. The second-order valence-corrected chi connectivity index (χ2v) is 5.51. The van der Waals surface area contributed by atoms with Gasteiger partial charge in [-0.25, -0.2) is 4.79 Å². The highest BCUT2D eigenvalue weighted by Gasteiger charge is 2.42. The Morgan fingerprint density at radius 3 is 2.90 bits per heavy atom. The van der Waals surface area contributed by atoms with Crippen molar-refractivity contribution >= 4 is 6.41 Å². The highest BCUT2D eigenvalue weighted by molar-refractivity contribution is 5.39. The molecule has 5 heteroatoms. The number of methoxy groups -OCH3 is 2. The molecule has 0 saturated carbocycles. The number of pyridine rings is 1. The number of ether oxygens (including phenoxy) is 2. The first-order valence-corrected chi connectivity index (χ1v) is 6.98.